The van der Waals surface area contributed by atoms with E-state index in [0.717, 1.165) is 22.7 Å². The van der Waals surface area contributed by atoms with E-state index in [9.17, 15) is 0 Å². The Kier molecular flexibility index (Phi) is 13.5. The van der Waals surface area contributed by atoms with Gasteiger partial charge in [-0.05, 0) is 197 Å². The Hall–Kier alpha value is -14.1. The van der Waals surface area contributed by atoms with Crippen LogP contribution in [0.1, 0.15) is 0 Å². The van der Waals surface area contributed by atoms with Crippen LogP contribution in [0.4, 0.5) is 0 Å². The Balaban J connectivity index is 0.000000130. The highest BCUT2D eigenvalue weighted by atomic mass is 32.1. The van der Waals surface area contributed by atoms with Crippen molar-refractivity contribution < 1.29 is 0 Å². The molecule has 7 heterocycles. The molecular formula is C104H63N5S2. The molecule has 7 heteroatoms. The minimum atomic E-state index is 1.14. The van der Waals surface area contributed by atoms with Crippen LogP contribution in [0.5, 0.6) is 0 Å². The SMILES string of the molecule is c1ccc(-n2c3ccccc3c3cc(-n4ccc5c6cc(-c7cccc8c7sc7ccccc78)ccc6c6c(ccn6-c6ccc7ccccc7c6)c54)ccc32)cc1.c1ccc2cc(-n3ccc4c5cc(-c6cccc7c6sc6ccccc67)ccc5c5c(ccn5-c5ccc6ccc7ccccc7c6c5)c43)ccc2c1. The second-order valence-electron chi connectivity index (χ2n) is 29.5. The zero-order chi connectivity index (χ0) is 72.5. The van der Waals surface area contributed by atoms with Gasteiger partial charge in [0.15, 0.2) is 0 Å². The summed E-state index contributed by atoms with van der Waals surface area (Å²) in [5.74, 6) is 0. The summed E-state index contributed by atoms with van der Waals surface area (Å²) in [5, 5.41) is 27.8. The van der Waals surface area contributed by atoms with Gasteiger partial charge in [0.1, 0.15) is 0 Å². The molecule has 111 heavy (non-hydrogen) atoms. The van der Waals surface area contributed by atoms with Crippen molar-refractivity contribution in [2.75, 3.05) is 0 Å². The summed E-state index contributed by atoms with van der Waals surface area (Å²) in [6, 6.07) is 132. The van der Waals surface area contributed by atoms with Crippen molar-refractivity contribution in [3.63, 3.8) is 0 Å². The number of nitrogens with zero attached hydrogens (tertiary/aromatic N) is 5. The molecule has 0 fully saturated rings. The van der Waals surface area contributed by atoms with Gasteiger partial charge < -0.3 is 22.8 Å². The van der Waals surface area contributed by atoms with Crippen molar-refractivity contribution in [1.82, 2.24) is 22.8 Å². The first-order valence-electron chi connectivity index (χ1n) is 38.0. The second-order valence-corrected chi connectivity index (χ2v) is 31.6. The van der Waals surface area contributed by atoms with Gasteiger partial charge in [-0.1, -0.05) is 237 Å². The van der Waals surface area contributed by atoms with Gasteiger partial charge in [0, 0.05) is 137 Å². The predicted molar refractivity (Wildman–Crippen MR) is 476 cm³/mol. The molecule has 25 aromatic rings. The lowest BCUT2D eigenvalue weighted by Crippen LogP contribution is -1.96. The van der Waals surface area contributed by atoms with Crippen molar-refractivity contribution in [2.45, 2.75) is 0 Å². The number of thiophene rings is 2. The van der Waals surface area contributed by atoms with Gasteiger partial charge in [-0.2, -0.15) is 0 Å². The molecule has 0 saturated heterocycles. The highest BCUT2D eigenvalue weighted by Gasteiger charge is 2.24. The number of para-hydroxylation sites is 2. The number of hydrogen-bond acceptors (Lipinski definition) is 2. The molecule has 0 aliphatic carbocycles. The molecule has 0 N–H and O–H groups in total. The van der Waals surface area contributed by atoms with Gasteiger partial charge in [0.25, 0.3) is 0 Å². The van der Waals surface area contributed by atoms with E-state index in [0.29, 0.717) is 0 Å². The first-order valence-corrected chi connectivity index (χ1v) is 39.6. The molecule has 5 nitrogen and oxygen atoms in total. The molecule has 0 bridgehead atoms. The summed E-state index contributed by atoms with van der Waals surface area (Å²) in [6.45, 7) is 0. The Bertz CT molecular complexity index is 8230. The normalized spacial score (nSPS) is 12.1. The van der Waals surface area contributed by atoms with Crippen molar-refractivity contribution >= 4 is 193 Å². The smallest absolute Gasteiger partial charge is 0.0628 e. The molecule has 0 aliphatic heterocycles. The van der Waals surface area contributed by atoms with Crippen LogP contribution in [-0.4, -0.2) is 22.8 Å². The number of hydrogen-bond donors (Lipinski definition) is 0. The molecule has 0 radical (unpaired) electrons. The fourth-order valence-corrected chi connectivity index (χ4v) is 21.0. The third kappa shape index (κ3) is 9.47. The van der Waals surface area contributed by atoms with Crippen LogP contribution >= 0.6 is 22.7 Å². The van der Waals surface area contributed by atoms with E-state index in [-0.39, 0.29) is 0 Å². The summed E-state index contributed by atoms with van der Waals surface area (Å²) in [5.41, 5.74) is 18.1. The lowest BCUT2D eigenvalue weighted by molar-refractivity contribution is 1.13. The first kappa shape index (κ1) is 62.0. The lowest BCUT2D eigenvalue weighted by atomic mass is 9.96. The summed E-state index contributed by atoms with van der Waals surface area (Å²) >= 11 is 3.78. The predicted octanol–water partition coefficient (Wildman–Crippen LogP) is 29.2. The van der Waals surface area contributed by atoms with Crippen LogP contribution in [0.15, 0.2) is 383 Å². The van der Waals surface area contributed by atoms with Crippen molar-refractivity contribution in [2.24, 2.45) is 0 Å². The van der Waals surface area contributed by atoms with Crippen LogP contribution in [0, 0.1) is 0 Å². The van der Waals surface area contributed by atoms with Crippen molar-refractivity contribution in [1.29, 1.82) is 0 Å². The lowest BCUT2D eigenvalue weighted by Gasteiger charge is -2.15. The minimum Gasteiger partial charge on any atom is -0.316 e. The van der Waals surface area contributed by atoms with Gasteiger partial charge in [-0.3, -0.25) is 0 Å². The van der Waals surface area contributed by atoms with Crippen molar-refractivity contribution in [3.8, 4) is 50.7 Å². The molecule has 0 unspecified atom stereocenters. The van der Waals surface area contributed by atoms with E-state index in [4.69, 9.17) is 0 Å². The Labute approximate surface area is 644 Å². The summed E-state index contributed by atoms with van der Waals surface area (Å²) in [4.78, 5) is 0. The molecule has 0 atom stereocenters. The maximum Gasteiger partial charge on any atom is 0.0628 e. The highest BCUT2D eigenvalue weighted by molar-refractivity contribution is 7.26. The highest BCUT2D eigenvalue weighted by Crippen LogP contribution is 2.48. The number of aromatic nitrogens is 5. The van der Waals surface area contributed by atoms with E-state index in [1.165, 1.54) is 198 Å². The third-order valence-electron chi connectivity index (χ3n) is 23.6. The minimum absolute atomic E-state index is 1.14. The molecule has 0 spiro atoms. The summed E-state index contributed by atoms with van der Waals surface area (Å²) < 4.78 is 17.3. The van der Waals surface area contributed by atoms with Crippen LogP contribution in [0.3, 0.4) is 0 Å². The van der Waals surface area contributed by atoms with Crippen LogP contribution in [0.25, 0.3) is 221 Å². The third-order valence-corrected chi connectivity index (χ3v) is 26.0. The van der Waals surface area contributed by atoms with Gasteiger partial charge in [-0.25, -0.2) is 0 Å². The second kappa shape index (κ2) is 24.2. The van der Waals surface area contributed by atoms with Gasteiger partial charge in [0.05, 0.1) is 33.1 Å². The standard InChI is InChI=1S/C54H33N3S.C50H30N2S/c1-2-13-37(14-3-1)57-49-19-8-6-15-41(49)48-33-39(24-26-50(48)57)56-29-27-44-47-32-36(40-17-10-18-45-42-16-7-9-20-51(42)58-54(40)45)22-25-43(47)52-46(53(44)56)28-30-55(52)38-23-21-34-11-4-5-12-35(34)31-38;1-2-10-34-28-36(21-18-31(34)8-1)51-26-24-42-46-29-35(39-13-7-14-43-40-12-5-6-15-47(40)53-50(39)43)20-23-41(46)48-44(49(42)51)25-27-52(48)37-22-19-33-17-16-32-9-3-4-11-38(32)45(33)30-37/h1-33H;1-30H. The fraction of sp³-hybridized carbons (Fsp3) is 0. The Morgan fingerprint density at radius 2 is 0.559 bits per heavy atom. The maximum atomic E-state index is 2.44. The molecule has 0 amide bonds. The first-order chi connectivity index (χ1) is 55.0. The molecular weight excluding hydrogens is 1380 g/mol. The van der Waals surface area contributed by atoms with E-state index in [1.807, 2.05) is 22.7 Å². The fourth-order valence-electron chi connectivity index (χ4n) is 18.5. The van der Waals surface area contributed by atoms with E-state index >= 15 is 0 Å². The number of rotatable bonds is 7. The number of fused-ring (bicyclic) bond motifs is 26. The van der Waals surface area contributed by atoms with Crippen LogP contribution in [0.2, 0.25) is 0 Å². The van der Waals surface area contributed by atoms with E-state index < -0.39 is 0 Å². The molecule has 18 aromatic carbocycles. The molecule has 25 rings (SSSR count). The summed E-state index contributed by atoms with van der Waals surface area (Å²) in [6.07, 6.45) is 9.05. The zero-order valence-electron chi connectivity index (χ0n) is 59.9. The molecule has 516 valence electrons. The Morgan fingerprint density at radius 1 is 0.180 bits per heavy atom. The van der Waals surface area contributed by atoms with E-state index in [2.05, 4.69) is 406 Å². The molecule has 0 aliphatic rings. The van der Waals surface area contributed by atoms with E-state index in [1.54, 1.807) is 0 Å². The average molecular weight is 1450 g/mol. The quantitative estimate of drug-likeness (QED) is 0.142. The average Bonchev–Trinajstić information content (AvgIpc) is 1.57. The topological polar surface area (TPSA) is 24.6 Å². The zero-order valence-corrected chi connectivity index (χ0v) is 61.6. The molecule has 7 aromatic heterocycles. The Morgan fingerprint density at radius 3 is 1.10 bits per heavy atom. The van der Waals surface area contributed by atoms with Gasteiger partial charge in [0.2, 0.25) is 0 Å². The van der Waals surface area contributed by atoms with Crippen LogP contribution < -0.4 is 0 Å². The largest absolute Gasteiger partial charge is 0.316 e. The van der Waals surface area contributed by atoms with Crippen LogP contribution in [-0.2, 0) is 0 Å². The van der Waals surface area contributed by atoms with Gasteiger partial charge >= 0.3 is 0 Å². The molecule has 0 saturated carbocycles. The number of benzene rings is 18. The maximum absolute atomic E-state index is 2.44. The monoisotopic (exact) mass is 1450 g/mol. The van der Waals surface area contributed by atoms with Crippen molar-refractivity contribution in [3.05, 3.63) is 383 Å². The summed E-state index contributed by atoms with van der Waals surface area (Å²) in [7, 11) is 0. The van der Waals surface area contributed by atoms with Gasteiger partial charge in [-0.15, -0.1) is 22.7 Å².